The smallest absolute Gasteiger partial charge is 0.247 e. The van der Waals surface area contributed by atoms with Gasteiger partial charge in [-0.3, -0.25) is 4.79 Å². The molecule has 0 aliphatic rings. The third-order valence-electron chi connectivity index (χ3n) is 2.93. The van der Waals surface area contributed by atoms with Gasteiger partial charge in [0.25, 0.3) is 0 Å². The van der Waals surface area contributed by atoms with Crippen LogP contribution in [0.1, 0.15) is 23.1 Å². The second-order valence-electron chi connectivity index (χ2n) is 4.52. The first-order valence-electron chi connectivity index (χ1n) is 6.12. The minimum Gasteiger partial charge on any atom is -0.368 e. The van der Waals surface area contributed by atoms with Crippen molar-refractivity contribution >= 4 is 15.9 Å². The molecule has 1 aromatic carbocycles. The summed E-state index contributed by atoms with van der Waals surface area (Å²) in [5, 5.41) is 3.60. The van der Waals surface area contributed by atoms with Gasteiger partial charge < -0.3 is 10.3 Å². The Balaban J connectivity index is 2.40. The van der Waals surface area contributed by atoms with E-state index in [1.54, 1.807) is 30.3 Å². The fraction of sp³-hybridized carbons (Fsp3) is 0.231. The normalized spacial score (nSPS) is 13.0. The maximum Gasteiger partial charge on any atom is 0.247 e. The van der Waals surface area contributed by atoms with Gasteiger partial charge in [0.2, 0.25) is 15.9 Å². The number of nitrogens with two attached hydrogens (primary N) is 1. The van der Waals surface area contributed by atoms with Gasteiger partial charge in [0.1, 0.15) is 16.6 Å². The molecule has 21 heavy (non-hydrogen) atoms. The van der Waals surface area contributed by atoms with Crippen molar-refractivity contribution in [1.29, 1.82) is 0 Å². The van der Waals surface area contributed by atoms with Crippen LogP contribution in [-0.2, 0) is 14.8 Å². The Hall–Kier alpha value is -2.19. The summed E-state index contributed by atoms with van der Waals surface area (Å²) in [5.74, 6) is -0.646. The second-order valence-corrected chi connectivity index (χ2v) is 6.17. The van der Waals surface area contributed by atoms with Gasteiger partial charge in [-0.25, -0.2) is 8.42 Å². The zero-order valence-electron chi connectivity index (χ0n) is 11.5. The lowest BCUT2D eigenvalue weighted by atomic mass is 10.1. The molecular weight excluding hydrogens is 294 g/mol. The number of nitrogens with zero attached hydrogens (tertiary/aromatic N) is 1. The molecule has 3 N–H and O–H groups in total. The van der Waals surface area contributed by atoms with E-state index in [1.165, 1.54) is 13.8 Å². The number of aromatic nitrogens is 1. The van der Waals surface area contributed by atoms with Gasteiger partial charge in [-0.1, -0.05) is 35.5 Å². The van der Waals surface area contributed by atoms with Crippen molar-refractivity contribution in [2.24, 2.45) is 5.73 Å². The van der Waals surface area contributed by atoms with Gasteiger partial charge in [-0.05, 0) is 19.4 Å². The molecule has 0 spiro atoms. The molecule has 0 bridgehead atoms. The Morgan fingerprint density at radius 1 is 1.29 bits per heavy atom. The Kier molecular flexibility index (Phi) is 4.10. The summed E-state index contributed by atoms with van der Waals surface area (Å²) < 4.78 is 31.9. The molecule has 0 saturated heterocycles. The maximum absolute atomic E-state index is 12.4. The zero-order valence-corrected chi connectivity index (χ0v) is 12.3. The minimum absolute atomic E-state index is 0.0790. The molecule has 7 nitrogen and oxygen atoms in total. The lowest BCUT2D eigenvalue weighted by Gasteiger charge is -2.15. The highest BCUT2D eigenvalue weighted by molar-refractivity contribution is 7.89. The molecule has 1 heterocycles. The molecule has 0 aliphatic carbocycles. The van der Waals surface area contributed by atoms with E-state index in [0.717, 1.165) is 0 Å². The van der Waals surface area contributed by atoms with Crippen LogP contribution < -0.4 is 10.5 Å². The van der Waals surface area contributed by atoms with Crippen LogP contribution in [-0.4, -0.2) is 19.5 Å². The van der Waals surface area contributed by atoms with Gasteiger partial charge in [0.15, 0.2) is 5.76 Å². The summed E-state index contributed by atoms with van der Waals surface area (Å²) in [5.41, 5.74) is 5.98. The lowest BCUT2D eigenvalue weighted by molar-refractivity contribution is -0.119. The van der Waals surface area contributed by atoms with Gasteiger partial charge in [-0.2, -0.15) is 4.72 Å². The molecule has 1 unspecified atom stereocenters. The number of sulfonamides is 1. The number of hydrogen-bond acceptors (Lipinski definition) is 5. The SMILES string of the molecule is Cc1noc(C)c1S(=O)(=O)NC(C(N)=O)c1ccccc1. The molecule has 0 radical (unpaired) electrons. The monoisotopic (exact) mass is 309 g/mol. The van der Waals surface area contributed by atoms with Crippen LogP contribution in [0.3, 0.4) is 0 Å². The van der Waals surface area contributed by atoms with E-state index < -0.39 is 22.0 Å². The first-order valence-corrected chi connectivity index (χ1v) is 7.60. The van der Waals surface area contributed by atoms with Crippen molar-refractivity contribution in [2.45, 2.75) is 24.8 Å². The highest BCUT2D eigenvalue weighted by Gasteiger charge is 2.30. The molecule has 2 aromatic rings. The molecule has 8 heteroatoms. The summed E-state index contributed by atoms with van der Waals surface area (Å²) in [6.45, 7) is 2.99. The average molecular weight is 309 g/mol. The number of amides is 1. The van der Waals surface area contributed by atoms with Crippen LogP contribution in [0, 0.1) is 13.8 Å². The Bertz CT molecular complexity index is 733. The van der Waals surface area contributed by atoms with Crippen molar-refractivity contribution in [3.05, 3.63) is 47.3 Å². The van der Waals surface area contributed by atoms with E-state index in [1.807, 2.05) is 0 Å². The van der Waals surface area contributed by atoms with Crippen LogP contribution in [0.5, 0.6) is 0 Å². The predicted octanol–water partition coefficient (Wildman–Crippen LogP) is 0.796. The largest absolute Gasteiger partial charge is 0.368 e. The topological polar surface area (TPSA) is 115 Å². The minimum atomic E-state index is -3.98. The zero-order chi connectivity index (χ0) is 15.6. The van der Waals surface area contributed by atoms with Gasteiger partial charge in [0.05, 0.1) is 0 Å². The Morgan fingerprint density at radius 3 is 2.38 bits per heavy atom. The van der Waals surface area contributed by atoms with Crippen LogP contribution in [0.15, 0.2) is 39.8 Å². The van der Waals surface area contributed by atoms with E-state index >= 15 is 0 Å². The molecule has 1 aromatic heterocycles. The van der Waals surface area contributed by atoms with E-state index in [4.69, 9.17) is 10.3 Å². The average Bonchev–Trinajstić information content (AvgIpc) is 2.77. The lowest BCUT2D eigenvalue weighted by Crippen LogP contribution is -2.37. The van der Waals surface area contributed by atoms with E-state index in [9.17, 15) is 13.2 Å². The molecule has 2 rings (SSSR count). The summed E-state index contributed by atoms with van der Waals surface area (Å²) in [6.07, 6.45) is 0. The number of hydrogen-bond donors (Lipinski definition) is 2. The Morgan fingerprint density at radius 2 is 1.90 bits per heavy atom. The van der Waals surface area contributed by atoms with Gasteiger partial charge >= 0.3 is 0 Å². The number of carbonyl (C=O) groups excluding carboxylic acids is 1. The van der Waals surface area contributed by atoms with Gasteiger partial charge in [-0.15, -0.1) is 0 Å². The molecular formula is C13H15N3O4S. The highest BCUT2D eigenvalue weighted by Crippen LogP contribution is 2.22. The number of nitrogens with one attached hydrogen (secondary N) is 1. The Labute approximate surface area is 122 Å². The number of aryl methyl sites for hydroxylation is 2. The van der Waals surface area contributed by atoms with Gasteiger partial charge in [0, 0.05) is 0 Å². The third-order valence-corrected chi connectivity index (χ3v) is 4.59. The molecule has 0 aliphatic heterocycles. The van der Waals surface area contributed by atoms with Crippen molar-refractivity contribution in [3.8, 4) is 0 Å². The molecule has 0 saturated carbocycles. The summed E-state index contributed by atoms with van der Waals surface area (Å²) in [4.78, 5) is 11.5. The number of rotatable bonds is 5. The molecule has 112 valence electrons. The number of primary amides is 1. The fourth-order valence-electron chi connectivity index (χ4n) is 2.01. The van der Waals surface area contributed by atoms with E-state index in [0.29, 0.717) is 5.56 Å². The third kappa shape index (κ3) is 3.11. The van der Waals surface area contributed by atoms with E-state index in [2.05, 4.69) is 9.88 Å². The first-order chi connectivity index (χ1) is 9.83. The molecule has 1 atom stereocenters. The first kappa shape index (κ1) is 15.2. The van der Waals surface area contributed by atoms with E-state index in [-0.39, 0.29) is 16.3 Å². The summed E-state index contributed by atoms with van der Waals surface area (Å²) >= 11 is 0. The number of carbonyl (C=O) groups is 1. The molecule has 1 amide bonds. The fourth-order valence-corrected chi connectivity index (χ4v) is 3.53. The van der Waals surface area contributed by atoms with Crippen LogP contribution in [0.2, 0.25) is 0 Å². The van der Waals surface area contributed by atoms with Crippen LogP contribution in [0.4, 0.5) is 0 Å². The van der Waals surface area contributed by atoms with Crippen molar-refractivity contribution in [1.82, 2.24) is 9.88 Å². The molecule has 0 fully saturated rings. The van der Waals surface area contributed by atoms with Crippen molar-refractivity contribution in [3.63, 3.8) is 0 Å². The van der Waals surface area contributed by atoms with Crippen LogP contribution in [0.25, 0.3) is 0 Å². The standard InChI is InChI=1S/C13H15N3O4S/c1-8-12(9(2)20-15-8)21(18,19)16-11(13(14)17)10-6-4-3-5-7-10/h3-7,11,16H,1-2H3,(H2,14,17). The number of benzene rings is 1. The second kappa shape index (κ2) is 5.66. The maximum atomic E-state index is 12.4. The highest BCUT2D eigenvalue weighted by atomic mass is 32.2. The van der Waals surface area contributed by atoms with Crippen molar-refractivity contribution < 1.29 is 17.7 Å². The quantitative estimate of drug-likeness (QED) is 0.847. The predicted molar refractivity (Wildman–Crippen MR) is 74.7 cm³/mol. The summed E-state index contributed by atoms with van der Waals surface area (Å²) in [7, 11) is -3.98. The summed E-state index contributed by atoms with van der Waals surface area (Å²) in [6, 6.07) is 7.20. The van der Waals surface area contributed by atoms with Crippen molar-refractivity contribution in [2.75, 3.05) is 0 Å². The van der Waals surface area contributed by atoms with Crippen LogP contribution >= 0.6 is 0 Å².